The Bertz CT molecular complexity index is 836. The highest BCUT2D eigenvalue weighted by Gasteiger charge is 2.47. The summed E-state index contributed by atoms with van der Waals surface area (Å²) in [7, 11) is 3.33. The quantitative estimate of drug-likeness (QED) is 0.773. The Morgan fingerprint density at radius 2 is 1.64 bits per heavy atom. The van der Waals surface area contributed by atoms with Gasteiger partial charge in [0, 0.05) is 43.8 Å². The third-order valence-electron chi connectivity index (χ3n) is 5.51. The van der Waals surface area contributed by atoms with Crippen LogP contribution in [-0.4, -0.2) is 56.6 Å². The molecule has 148 valence electrons. The number of carbonyl (C=O) groups excluding carboxylic acids is 1. The zero-order valence-corrected chi connectivity index (χ0v) is 17.1. The first-order valence-corrected chi connectivity index (χ1v) is 10.5. The van der Waals surface area contributed by atoms with Crippen LogP contribution in [0.1, 0.15) is 23.1 Å². The van der Waals surface area contributed by atoms with E-state index < -0.39 is 0 Å². The van der Waals surface area contributed by atoms with Crippen molar-refractivity contribution in [2.75, 3.05) is 45.8 Å². The summed E-state index contributed by atoms with van der Waals surface area (Å²) >= 11 is 1.69. The molecular weight excluding hydrogens is 372 g/mol. The highest BCUT2D eigenvalue weighted by atomic mass is 32.2. The maximum atomic E-state index is 13.6. The van der Waals surface area contributed by atoms with Crippen LogP contribution in [0.25, 0.3) is 0 Å². The fourth-order valence-electron chi connectivity index (χ4n) is 4.14. The average Bonchev–Trinajstić information content (AvgIpc) is 3.13. The molecule has 2 aliphatic rings. The van der Waals surface area contributed by atoms with E-state index in [-0.39, 0.29) is 23.1 Å². The van der Waals surface area contributed by atoms with Crippen LogP contribution in [0, 0.1) is 0 Å². The molecule has 2 aromatic rings. The monoisotopic (exact) mass is 398 g/mol. The zero-order chi connectivity index (χ0) is 19.5. The van der Waals surface area contributed by atoms with Crippen LogP contribution in [0.4, 0.5) is 5.69 Å². The lowest BCUT2D eigenvalue weighted by molar-refractivity contribution is -0.132. The highest BCUT2D eigenvalue weighted by molar-refractivity contribution is 8.00. The first-order chi connectivity index (χ1) is 13.7. The summed E-state index contributed by atoms with van der Waals surface area (Å²) in [4.78, 5) is 16.7. The number of thioether (sulfide) groups is 1. The number of amides is 1. The Labute approximate surface area is 170 Å². The van der Waals surface area contributed by atoms with E-state index in [1.54, 1.807) is 26.0 Å². The molecule has 1 N–H and O–H groups in total. The highest BCUT2D eigenvalue weighted by Crippen LogP contribution is 2.55. The number of hydrogen-bond donors (Lipinski definition) is 1. The van der Waals surface area contributed by atoms with E-state index in [0.717, 1.165) is 5.69 Å². The number of methoxy groups -OCH3 is 2. The molecule has 2 aliphatic heterocycles. The number of anilines is 1. The second kappa shape index (κ2) is 8.55. The van der Waals surface area contributed by atoms with E-state index >= 15 is 0 Å². The Hall–Kier alpha value is -2.02. The standard InChI is InChI=1S/C22H26N2O3S/c1-26-13-11-24(12-14-27-2)22(25)21-19-15-7-3-5-9-17(15)23-20(19)16-8-4-6-10-18(16)28-21/h3-10,19-21,23H,11-14H2,1-2H3. The van der Waals surface area contributed by atoms with Gasteiger partial charge in [-0.15, -0.1) is 11.8 Å². The van der Waals surface area contributed by atoms with Gasteiger partial charge >= 0.3 is 0 Å². The summed E-state index contributed by atoms with van der Waals surface area (Å²) in [6.45, 7) is 2.19. The van der Waals surface area contributed by atoms with Gasteiger partial charge in [0.15, 0.2) is 0 Å². The molecule has 0 aromatic heterocycles. The summed E-state index contributed by atoms with van der Waals surface area (Å²) in [6, 6.07) is 16.9. The lowest BCUT2D eigenvalue weighted by Gasteiger charge is -2.37. The van der Waals surface area contributed by atoms with Crippen molar-refractivity contribution in [2.45, 2.75) is 22.1 Å². The van der Waals surface area contributed by atoms with Gasteiger partial charge in [0.25, 0.3) is 0 Å². The van der Waals surface area contributed by atoms with E-state index in [2.05, 4.69) is 41.7 Å². The van der Waals surface area contributed by atoms with Crippen LogP contribution in [0.15, 0.2) is 53.4 Å². The minimum absolute atomic E-state index is 0.108. The summed E-state index contributed by atoms with van der Waals surface area (Å²) in [5, 5.41) is 3.49. The third-order valence-corrected chi connectivity index (χ3v) is 6.88. The van der Waals surface area contributed by atoms with E-state index in [1.807, 2.05) is 17.0 Å². The van der Waals surface area contributed by atoms with Gasteiger partial charge in [-0.2, -0.15) is 0 Å². The second-order valence-corrected chi connectivity index (χ2v) is 8.31. The minimum atomic E-state index is -0.176. The van der Waals surface area contributed by atoms with Gasteiger partial charge in [-0.25, -0.2) is 0 Å². The smallest absolute Gasteiger partial charge is 0.236 e. The zero-order valence-electron chi connectivity index (χ0n) is 16.3. The van der Waals surface area contributed by atoms with Crippen molar-refractivity contribution >= 4 is 23.4 Å². The fraction of sp³-hybridized carbons (Fsp3) is 0.409. The molecule has 0 aliphatic carbocycles. The number of ether oxygens (including phenoxy) is 2. The van der Waals surface area contributed by atoms with Gasteiger partial charge in [0.1, 0.15) is 0 Å². The maximum absolute atomic E-state index is 13.6. The molecule has 6 heteroatoms. The van der Waals surface area contributed by atoms with Gasteiger partial charge < -0.3 is 19.7 Å². The fourth-order valence-corrected chi connectivity index (χ4v) is 5.60. The van der Waals surface area contributed by atoms with Gasteiger partial charge in [0.2, 0.25) is 5.91 Å². The van der Waals surface area contributed by atoms with E-state index in [9.17, 15) is 4.79 Å². The minimum Gasteiger partial charge on any atom is -0.383 e. The van der Waals surface area contributed by atoms with Gasteiger partial charge in [-0.1, -0.05) is 36.4 Å². The molecule has 28 heavy (non-hydrogen) atoms. The van der Waals surface area contributed by atoms with Gasteiger partial charge in [-0.05, 0) is 23.3 Å². The Balaban J connectivity index is 1.69. The number of para-hydroxylation sites is 1. The molecule has 2 aromatic carbocycles. The van der Waals surface area contributed by atoms with Crippen LogP contribution < -0.4 is 5.32 Å². The first kappa shape index (κ1) is 19.3. The summed E-state index contributed by atoms with van der Waals surface area (Å²) in [5.41, 5.74) is 3.64. The predicted molar refractivity (Wildman–Crippen MR) is 112 cm³/mol. The molecule has 1 amide bonds. The van der Waals surface area contributed by atoms with E-state index in [1.165, 1.54) is 16.0 Å². The number of rotatable bonds is 7. The predicted octanol–water partition coefficient (Wildman–Crippen LogP) is 3.53. The first-order valence-electron chi connectivity index (χ1n) is 9.62. The topological polar surface area (TPSA) is 50.8 Å². The average molecular weight is 399 g/mol. The molecule has 0 spiro atoms. The molecule has 2 heterocycles. The lowest BCUT2D eigenvalue weighted by Crippen LogP contribution is -2.45. The third kappa shape index (κ3) is 3.52. The molecule has 3 unspecified atom stereocenters. The molecule has 4 rings (SSSR count). The molecule has 3 atom stereocenters. The number of hydrogen-bond acceptors (Lipinski definition) is 5. The van der Waals surface area contributed by atoms with Crippen LogP contribution >= 0.6 is 11.8 Å². The number of fused-ring (bicyclic) bond motifs is 5. The van der Waals surface area contributed by atoms with Crippen molar-refractivity contribution in [3.8, 4) is 0 Å². The molecule has 0 bridgehead atoms. The molecular formula is C22H26N2O3S. The molecule has 0 radical (unpaired) electrons. The van der Waals surface area contributed by atoms with Gasteiger partial charge in [-0.3, -0.25) is 4.79 Å². The Morgan fingerprint density at radius 3 is 2.36 bits per heavy atom. The van der Waals surface area contributed by atoms with Crippen molar-refractivity contribution in [3.63, 3.8) is 0 Å². The van der Waals surface area contributed by atoms with Gasteiger partial charge in [0.05, 0.1) is 24.5 Å². The van der Waals surface area contributed by atoms with Crippen LogP contribution in [0.5, 0.6) is 0 Å². The Morgan fingerprint density at radius 1 is 1.00 bits per heavy atom. The van der Waals surface area contributed by atoms with Crippen LogP contribution in [-0.2, 0) is 14.3 Å². The molecule has 0 saturated carbocycles. The number of nitrogens with zero attached hydrogens (tertiary/aromatic N) is 1. The van der Waals surface area contributed by atoms with Crippen molar-refractivity contribution in [3.05, 3.63) is 59.7 Å². The normalized spacial score (nSPS) is 22.0. The molecule has 0 fully saturated rings. The molecule has 0 saturated heterocycles. The van der Waals surface area contributed by atoms with Crippen LogP contribution in [0.2, 0.25) is 0 Å². The summed E-state index contributed by atoms with van der Waals surface area (Å²) in [5.74, 6) is 0.262. The number of benzene rings is 2. The summed E-state index contributed by atoms with van der Waals surface area (Å²) in [6.07, 6.45) is 0. The second-order valence-electron chi connectivity index (χ2n) is 7.12. The Kier molecular flexibility index (Phi) is 5.90. The number of nitrogens with one attached hydrogen (secondary N) is 1. The van der Waals surface area contributed by atoms with E-state index in [4.69, 9.17) is 9.47 Å². The summed E-state index contributed by atoms with van der Waals surface area (Å²) < 4.78 is 10.5. The van der Waals surface area contributed by atoms with Crippen molar-refractivity contribution in [1.29, 1.82) is 0 Å². The lowest BCUT2D eigenvalue weighted by atomic mass is 9.86. The molecule has 5 nitrogen and oxygen atoms in total. The van der Waals surface area contributed by atoms with Crippen molar-refractivity contribution < 1.29 is 14.3 Å². The van der Waals surface area contributed by atoms with Crippen molar-refractivity contribution in [1.82, 2.24) is 4.90 Å². The van der Waals surface area contributed by atoms with Crippen molar-refractivity contribution in [2.24, 2.45) is 0 Å². The SMILES string of the molecule is COCCN(CCOC)C(=O)C1Sc2ccccc2C2Nc3ccccc3C12. The van der Waals surface area contributed by atoms with E-state index in [0.29, 0.717) is 26.3 Å². The van der Waals surface area contributed by atoms with Crippen LogP contribution in [0.3, 0.4) is 0 Å². The largest absolute Gasteiger partial charge is 0.383 e. The number of carbonyl (C=O) groups is 1. The maximum Gasteiger partial charge on any atom is 0.236 e.